The Morgan fingerprint density at radius 3 is 0.851 bits per heavy atom. The molecule has 0 aliphatic heterocycles. The fraction of sp³-hybridized carbons (Fsp3) is 0.820. The maximum absolute atomic E-state index is 12.9. The molecule has 0 N–H and O–H groups in total. The third-order valence-electron chi connectivity index (χ3n) is 12.8. The van der Waals surface area contributed by atoms with Crippen LogP contribution in [0.4, 0.5) is 0 Å². The summed E-state index contributed by atoms with van der Waals surface area (Å²) in [6.45, 7) is 6.61. The molecule has 0 aromatic rings. The molecule has 0 unspecified atom stereocenters. The SMILES string of the molecule is CCCCC/C=C\C/C=C\CCCCCCCCCC(=O)OC[C@@H](COC(=O)CCCCCCCCCCCCCCCCC)OC(=O)CCCCCCCCC/C=C\C/C=C\CCCCC. The second-order valence-electron chi connectivity index (χ2n) is 19.6. The number of carbonyl (C=O) groups is 3. The number of hydrogen-bond acceptors (Lipinski definition) is 6. The van der Waals surface area contributed by atoms with Gasteiger partial charge in [-0.3, -0.25) is 14.4 Å². The molecule has 0 aliphatic rings. The minimum atomic E-state index is -0.779. The molecule has 67 heavy (non-hydrogen) atoms. The van der Waals surface area contributed by atoms with Crippen LogP contribution in [0.2, 0.25) is 0 Å². The molecule has 0 spiro atoms. The normalized spacial score (nSPS) is 12.3. The summed E-state index contributed by atoms with van der Waals surface area (Å²) in [4.78, 5) is 38.2. The van der Waals surface area contributed by atoms with E-state index in [1.807, 2.05) is 0 Å². The standard InChI is InChI=1S/C61H110O6/c1-4-7-10-13-16-19-22-25-28-30-33-36-39-42-45-48-51-54-60(63)66-57-58(56-65-59(62)53-50-47-44-41-38-35-32-27-24-21-18-15-12-9-6-3)67-61(64)55-52-49-46-43-40-37-34-31-29-26-23-20-17-14-11-8-5-2/h16-17,19-20,25-26,28-29,58H,4-15,18,21-24,27,30-57H2,1-3H3/b19-16-,20-17-,28-25-,29-26-/t58-/m1/s1. The van der Waals surface area contributed by atoms with E-state index < -0.39 is 6.10 Å². The summed E-state index contributed by atoms with van der Waals surface area (Å²) in [5.74, 6) is -0.877. The highest BCUT2D eigenvalue weighted by Crippen LogP contribution is 2.16. The summed E-state index contributed by atoms with van der Waals surface area (Å²) in [5, 5.41) is 0. The molecular formula is C61H110O6. The summed E-state index contributed by atoms with van der Waals surface area (Å²) in [5.41, 5.74) is 0. The molecule has 0 bridgehead atoms. The first-order valence-corrected chi connectivity index (χ1v) is 29.1. The van der Waals surface area contributed by atoms with Gasteiger partial charge in [-0.15, -0.1) is 0 Å². The lowest BCUT2D eigenvalue weighted by atomic mass is 10.0. The number of hydrogen-bond donors (Lipinski definition) is 0. The molecule has 0 saturated heterocycles. The molecule has 0 saturated carbocycles. The summed E-state index contributed by atoms with van der Waals surface area (Å²) >= 11 is 0. The Labute approximate surface area is 416 Å². The van der Waals surface area contributed by atoms with Crippen LogP contribution in [0.15, 0.2) is 48.6 Å². The number of allylic oxidation sites excluding steroid dienone is 8. The average molecular weight is 940 g/mol. The summed E-state index contributed by atoms with van der Waals surface area (Å²) in [7, 11) is 0. The van der Waals surface area contributed by atoms with E-state index in [2.05, 4.69) is 69.4 Å². The van der Waals surface area contributed by atoms with Crippen molar-refractivity contribution in [3.63, 3.8) is 0 Å². The highest BCUT2D eigenvalue weighted by Gasteiger charge is 2.19. The average Bonchev–Trinajstić information content (AvgIpc) is 3.33. The maximum atomic E-state index is 12.9. The van der Waals surface area contributed by atoms with Crippen LogP contribution in [0.3, 0.4) is 0 Å². The van der Waals surface area contributed by atoms with Crippen LogP contribution in [0.25, 0.3) is 0 Å². The third-order valence-corrected chi connectivity index (χ3v) is 12.8. The van der Waals surface area contributed by atoms with E-state index in [4.69, 9.17) is 14.2 Å². The van der Waals surface area contributed by atoms with Crippen molar-refractivity contribution in [2.24, 2.45) is 0 Å². The van der Waals surface area contributed by atoms with Gasteiger partial charge >= 0.3 is 17.9 Å². The summed E-state index contributed by atoms with van der Waals surface area (Å²) in [6.07, 6.45) is 68.0. The molecule has 0 amide bonds. The number of esters is 3. The van der Waals surface area contributed by atoms with Crippen LogP contribution in [-0.4, -0.2) is 37.2 Å². The lowest BCUT2D eigenvalue weighted by molar-refractivity contribution is -0.167. The molecule has 0 aromatic heterocycles. The smallest absolute Gasteiger partial charge is 0.306 e. The zero-order valence-corrected chi connectivity index (χ0v) is 44.7. The fourth-order valence-corrected chi connectivity index (χ4v) is 8.39. The zero-order chi connectivity index (χ0) is 48.6. The lowest BCUT2D eigenvalue weighted by Gasteiger charge is -2.18. The van der Waals surface area contributed by atoms with Crippen LogP contribution in [0.5, 0.6) is 0 Å². The van der Waals surface area contributed by atoms with Crippen molar-refractivity contribution < 1.29 is 28.6 Å². The number of unbranched alkanes of at least 4 members (excludes halogenated alkanes) is 34. The Balaban J connectivity index is 4.38. The first kappa shape index (κ1) is 64.4. The van der Waals surface area contributed by atoms with Crippen molar-refractivity contribution in [3.05, 3.63) is 48.6 Å². The van der Waals surface area contributed by atoms with Crippen molar-refractivity contribution >= 4 is 17.9 Å². The van der Waals surface area contributed by atoms with Gasteiger partial charge in [0, 0.05) is 19.3 Å². The molecule has 6 heteroatoms. The second-order valence-corrected chi connectivity index (χ2v) is 19.6. The zero-order valence-electron chi connectivity index (χ0n) is 44.7. The molecule has 1 atom stereocenters. The van der Waals surface area contributed by atoms with Crippen LogP contribution < -0.4 is 0 Å². The maximum Gasteiger partial charge on any atom is 0.306 e. The molecular weight excluding hydrogens is 829 g/mol. The van der Waals surface area contributed by atoms with E-state index in [9.17, 15) is 14.4 Å². The van der Waals surface area contributed by atoms with E-state index >= 15 is 0 Å². The molecule has 0 rings (SSSR count). The van der Waals surface area contributed by atoms with Gasteiger partial charge in [-0.1, -0.05) is 249 Å². The Bertz CT molecular complexity index is 1170. The van der Waals surface area contributed by atoms with Crippen LogP contribution in [-0.2, 0) is 28.6 Å². The first-order valence-electron chi connectivity index (χ1n) is 29.1. The molecule has 0 heterocycles. The highest BCUT2D eigenvalue weighted by atomic mass is 16.6. The Morgan fingerprint density at radius 2 is 0.537 bits per heavy atom. The third kappa shape index (κ3) is 54.2. The van der Waals surface area contributed by atoms with E-state index in [1.165, 1.54) is 180 Å². The molecule has 390 valence electrons. The minimum Gasteiger partial charge on any atom is -0.462 e. The van der Waals surface area contributed by atoms with Gasteiger partial charge in [0.15, 0.2) is 6.10 Å². The minimum absolute atomic E-state index is 0.0759. The lowest BCUT2D eigenvalue weighted by Crippen LogP contribution is -2.30. The van der Waals surface area contributed by atoms with Gasteiger partial charge < -0.3 is 14.2 Å². The van der Waals surface area contributed by atoms with Gasteiger partial charge in [0.2, 0.25) is 0 Å². The van der Waals surface area contributed by atoms with Gasteiger partial charge in [-0.25, -0.2) is 0 Å². The number of ether oxygens (including phenoxy) is 3. The predicted octanol–water partition coefficient (Wildman–Crippen LogP) is 19.4. The van der Waals surface area contributed by atoms with Crippen molar-refractivity contribution in [1.29, 1.82) is 0 Å². The predicted molar refractivity (Wildman–Crippen MR) is 289 cm³/mol. The van der Waals surface area contributed by atoms with Crippen molar-refractivity contribution in [2.45, 2.75) is 309 Å². The van der Waals surface area contributed by atoms with Crippen LogP contribution in [0.1, 0.15) is 303 Å². The molecule has 6 nitrogen and oxygen atoms in total. The van der Waals surface area contributed by atoms with E-state index in [-0.39, 0.29) is 31.1 Å². The Hall–Kier alpha value is -2.63. The largest absolute Gasteiger partial charge is 0.462 e. The van der Waals surface area contributed by atoms with Gasteiger partial charge in [0.05, 0.1) is 0 Å². The Kier molecular flexibility index (Phi) is 53.8. The highest BCUT2D eigenvalue weighted by molar-refractivity contribution is 5.71. The quantitative estimate of drug-likeness (QED) is 0.0262. The summed E-state index contributed by atoms with van der Waals surface area (Å²) < 4.78 is 16.9. The number of carbonyl (C=O) groups excluding carboxylic acids is 3. The van der Waals surface area contributed by atoms with Gasteiger partial charge in [0.25, 0.3) is 0 Å². The van der Waals surface area contributed by atoms with Crippen LogP contribution in [0, 0.1) is 0 Å². The van der Waals surface area contributed by atoms with E-state index in [0.717, 1.165) is 83.5 Å². The Morgan fingerprint density at radius 1 is 0.299 bits per heavy atom. The van der Waals surface area contributed by atoms with E-state index in [0.29, 0.717) is 19.3 Å². The van der Waals surface area contributed by atoms with E-state index in [1.54, 1.807) is 0 Å². The monoisotopic (exact) mass is 939 g/mol. The van der Waals surface area contributed by atoms with Crippen LogP contribution >= 0.6 is 0 Å². The number of rotatable bonds is 53. The molecule has 0 aromatic carbocycles. The molecule has 0 aliphatic carbocycles. The summed E-state index contributed by atoms with van der Waals surface area (Å²) in [6, 6.07) is 0. The topological polar surface area (TPSA) is 78.9 Å². The van der Waals surface area contributed by atoms with Gasteiger partial charge in [-0.05, 0) is 83.5 Å². The first-order chi connectivity index (χ1) is 33.0. The van der Waals surface area contributed by atoms with Crippen molar-refractivity contribution in [2.75, 3.05) is 13.2 Å². The second kappa shape index (κ2) is 56.0. The van der Waals surface area contributed by atoms with Gasteiger partial charge in [0.1, 0.15) is 13.2 Å². The van der Waals surface area contributed by atoms with Crippen molar-refractivity contribution in [3.8, 4) is 0 Å². The molecule has 0 radical (unpaired) electrons. The molecule has 0 fully saturated rings. The fourth-order valence-electron chi connectivity index (χ4n) is 8.39. The van der Waals surface area contributed by atoms with Gasteiger partial charge in [-0.2, -0.15) is 0 Å². The van der Waals surface area contributed by atoms with Crippen molar-refractivity contribution in [1.82, 2.24) is 0 Å².